The summed E-state index contributed by atoms with van der Waals surface area (Å²) < 4.78 is 6.59. The summed E-state index contributed by atoms with van der Waals surface area (Å²) >= 11 is 0. The van der Waals surface area contributed by atoms with Crippen molar-refractivity contribution in [1.82, 2.24) is 0 Å². The van der Waals surface area contributed by atoms with Crippen molar-refractivity contribution in [1.29, 1.82) is 0 Å². The summed E-state index contributed by atoms with van der Waals surface area (Å²) in [4.78, 5) is 2.46. The summed E-state index contributed by atoms with van der Waals surface area (Å²) in [5.41, 5.74) is 14.3. The molecule has 2 nitrogen and oxygen atoms in total. The van der Waals surface area contributed by atoms with Gasteiger partial charge in [0.2, 0.25) is 0 Å². The zero-order valence-corrected chi connectivity index (χ0v) is 31.3. The van der Waals surface area contributed by atoms with Gasteiger partial charge in [-0.3, -0.25) is 0 Å². The second-order valence-electron chi connectivity index (χ2n) is 16.2. The molecule has 54 heavy (non-hydrogen) atoms. The van der Waals surface area contributed by atoms with Crippen LogP contribution in [0.15, 0.2) is 175 Å². The van der Waals surface area contributed by atoms with Gasteiger partial charge in [0.25, 0.3) is 0 Å². The standard InChI is InChI=1S/C52H43NO/c1-6-35-36-19-9-12-23-41(36)51(2,3)43(35)29-30-53(46-27-16-25-44-50(46)39-21-10-13-24-42(39)52(44,4)5)45-26-14-11-20-37(45)38-22-15-28-47-49(38)40-31-33-17-7-8-18-34(33)32-48(40)54-47/h6-32,35,43H,1H2,2-5H3/b30-29+. The summed E-state index contributed by atoms with van der Waals surface area (Å²) in [6.45, 7) is 13.8. The average molecular weight is 698 g/mol. The lowest BCUT2D eigenvalue weighted by atomic mass is 9.76. The number of rotatable bonds is 6. The van der Waals surface area contributed by atoms with Crippen molar-refractivity contribution in [3.8, 4) is 22.3 Å². The van der Waals surface area contributed by atoms with Gasteiger partial charge in [-0.05, 0) is 85.8 Å². The predicted molar refractivity (Wildman–Crippen MR) is 228 cm³/mol. The summed E-state index contributed by atoms with van der Waals surface area (Å²) in [5, 5.41) is 4.65. The molecule has 0 N–H and O–H groups in total. The van der Waals surface area contributed by atoms with E-state index in [1.807, 2.05) is 0 Å². The van der Waals surface area contributed by atoms with Crippen molar-refractivity contribution in [3.05, 3.63) is 193 Å². The average Bonchev–Trinajstić information content (AvgIpc) is 3.76. The number of benzene rings is 7. The topological polar surface area (TPSA) is 16.4 Å². The van der Waals surface area contributed by atoms with Crippen LogP contribution in [0.4, 0.5) is 11.4 Å². The Hall–Kier alpha value is -6.12. The van der Waals surface area contributed by atoms with Gasteiger partial charge >= 0.3 is 0 Å². The van der Waals surface area contributed by atoms with Gasteiger partial charge < -0.3 is 9.32 Å². The van der Waals surface area contributed by atoms with Crippen LogP contribution in [0.25, 0.3) is 55.0 Å². The quantitative estimate of drug-likeness (QED) is 0.161. The summed E-state index contributed by atoms with van der Waals surface area (Å²) in [5.74, 6) is 0.434. The van der Waals surface area contributed by atoms with Crippen LogP contribution in [-0.4, -0.2) is 0 Å². The Morgan fingerprint density at radius 2 is 1.22 bits per heavy atom. The highest BCUT2D eigenvalue weighted by Crippen LogP contribution is 2.55. The van der Waals surface area contributed by atoms with Gasteiger partial charge in [0, 0.05) is 39.4 Å². The first-order chi connectivity index (χ1) is 26.3. The zero-order valence-electron chi connectivity index (χ0n) is 31.3. The number of anilines is 2. The van der Waals surface area contributed by atoms with Gasteiger partial charge in [0.15, 0.2) is 0 Å². The Bertz CT molecular complexity index is 2830. The molecule has 7 aromatic carbocycles. The molecule has 0 amide bonds. The Labute approximate surface area is 317 Å². The molecule has 0 aliphatic heterocycles. The summed E-state index contributed by atoms with van der Waals surface area (Å²) in [6.07, 6.45) is 6.96. The minimum atomic E-state index is -0.121. The van der Waals surface area contributed by atoms with E-state index in [9.17, 15) is 0 Å². The van der Waals surface area contributed by atoms with E-state index in [0.717, 1.165) is 38.8 Å². The van der Waals surface area contributed by atoms with E-state index in [2.05, 4.69) is 203 Å². The van der Waals surface area contributed by atoms with Crippen LogP contribution >= 0.6 is 0 Å². The number of allylic oxidation sites excluding steroid dienone is 2. The van der Waals surface area contributed by atoms with Gasteiger partial charge in [0.1, 0.15) is 11.2 Å². The summed E-state index contributed by atoms with van der Waals surface area (Å²) in [7, 11) is 0. The number of hydrogen-bond acceptors (Lipinski definition) is 2. The molecule has 2 aliphatic rings. The fourth-order valence-corrected chi connectivity index (χ4v) is 9.88. The van der Waals surface area contributed by atoms with Crippen LogP contribution in [0.5, 0.6) is 0 Å². The van der Waals surface area contributed by atoms with Crippen molar-refractivity contribution in [3.63, 3.8) is 0 Å². The molecule has 2 aliphatic carbocycles. The van der Waals surface area contributed by atoms with E-state index in [1.54, 1.807) is 0 Å². The fourth-order valence-electron chi connectivity index (χ4n) is 9.88. The maximum absolute atomic E-state index is 6.59. The maximum atomic E-state index is 6.59. The van der Waals surface area contributed by atoms with E-state index >= 15 is 0 Å². The molecular formula is C52H43NO. The molecular weight excluding hydrogens is 655 g/mol. The number of furan rings is 1. The number of hydrogen-bond donors (Lipinski definition) is 0. The third kappa shape index (κ3) is 4.66. The highest BCUT2D eigenvalue weighted by atomic mass is 16.3. The Morgan fingerprint density at radius 3 is 2.04 bits per heavy atom. The third-order valence-corrected chi connectivity index (χ3v) is 12.6. The molecule has 0 radical (unpaired) electrons. The van der Waals surface area contributed by atoms with Crippen LogP contribution in [-0.2, 0) is 10.8 Å². The zero-order chi connectivity index (χ0) is 36.8. The normalized spacial score (nSPS) is 17.9. The molecule has 0 saturated carbocycles. The van der Waals surface area contributed by atoms with Crippen LogP contribution in [0.3, 0.4) is 0 Å². The maximum Gasteiger partial charge on any atom is 0.136 e. The fraction of sp³-hybridized carbons (Fsp3) is 0.154. The van der Waals surface area contributed by atoms with Crippen LogP contribution in [0.1, 0.15) is 55.9 Å². The van der Waals surface area contributed by atoms with Crippen molar-refractivity contribution in [2.24, 2.45) is 5.92 Å². The predicted octanol–water partition coefficient (Wildman–Crippen LogP) is 14.2. The van der Waals surface area contributed by atoms with E-state index < -0.39 is 0 Å². The second-order valence-corrected chi connectivity index (χ2v) is 16.2. The SMILES string of the molecule is C=CC1c2ccccc2C(C)(C)C1/C=C/N(c1ccccc1-c1cccc2oc3cc4ccccc4cc3c12)c1cccc2c1-c1ccccc1C2(C)C. The minimum Gasteiger partial charge on any atom is -0.456 e. The molecule has 2 atom stereocenters. The molecule has 1 heterocycles. The van der Waals surface area contributed by atoms with Crippen molar-refractivity contribution < 1.29 is 4.42 Å². The van der Waals surface area contributed by atoms with Crippen molar-refractivity contribution in [2.45, 2.75) is 44.4 Å². The van der Waals surface area contributed by atoms with Gasteiger partial charge in [-0.1, -0.05) is 155 Å². The van der Waals surface area contributed by atoms with E-state index in [4.69, 9.17) is 4.42 Å². The Morgan fingerprint density at radius 1 is 0.593 bits per heavy atom. The first-order valence-electron chi connectivity index (χ1n) is 19.1. The van der Waals surface area contributed by atoms with Crippen LogP contribution < -0.4 is 4.90 Å². The van der Waals surface area contributed by atoms with Gasteiger partial charge in [-0.15, -0.1) is 6.58 Å². The van der Waals surface area contributed by atoms with Gasteiger partial charge in [-0.2, -0.15) is 0 Å². The highest BCUT2D eigenvalue weighted by Gasteiger charge is 2.44. The van der Waals surface area contributed by atoms with E-state index in [-0.39, 0.29) is 22.7 Å². The second kappa shape index (κ2) is 11.9. The highest BCUT2D eigenvalue weighted by molar-refractivity contribution is 6.16. The number of para-hydroxylation sites is 1. The molecule has 8 aromatic rings. The lowest BCUT2D eigenvalue weighted by Crippen LogP contribution is -2.24. The van der Waals surface area contributed by atoms with E-state index in [1.165, 1.54) is 49.8 Å². The van der Waals surface area contributed by atoms with Gasteiger partial charge in [-0.25, -0.2) is 0 Å². The Kier molecular flexibility index (Phi) is 7.20. The van der Waals surface area contributed by atoms with Crippen molar-refractivity contribution >= 4 is 44.1 Å². The smallest absolute Gasteiger partial charge is 0.136 e. The monoisotopic (exact) mass is 697 g/mol. The molecule has 10 rings (SSSR count). The lowest BCUT2D eigenvalue weighted by Gasteiger charge is -2.31. The Balaban J connectivity index is 1.22. The number of fused-ring (bicyclic) bond motifs is 8. The first kappa shape index (κ1) is 32.5. The molecule has 0 spiro atoms. The molecule has 2 heteroatoms. The van der Waals surface area contributed by atoms with Gasteiger partial charge in [0.05, 0.1) is 11.4 Å². The molecule has 1 aromatic heterocycles. The van der Waals surface area contributed by atoms with Crippen molar-refractivity contribution in [2.75, 3.05) is 4.90 Å². The minimum absolute atomic E-state index is 0.0750. The summed E-state index contributed by atoms with van der Waals surface area (Å²) in [6, 6.07) is 53.1. The third-order valence-electron chi connectivity index (χ3n) is 12.6. The number of nitrogens with zero attached hydrogens (tertiary/aromatic N) is 1. The first-order valence-corrected chi connectivity index (χ1v) is 19.1. The largest absolute Gasteiger partial charge is 0.456 e. The van der Waals surface area contributed by atoms with E-state index in [0.29, 0.717) is 0 Å². The molecule has 2 unspecified atom stereocenters. The molecule has 0 bridgehead atoms. The van der Waals surface area contributed by atoms with Crippen LogP contribution in [0.2, 0.25) is 0 Å². The lowest BCUT2D eigenvalue weighted by molar-refractivity contribution is 0.396. The van der Waals surface area contributed by atoms with Crippen LogP contribution in [0, 0.1) is 5.92 Å². The molecule has 0 saturated heterocycles. The molecule has 262 valence electrons. The molecule has 0 fully saturated rings.